The van der Waals surface area contributed by atoms with E-state index in [1.165, 1.54) is 33.2 Å². The third kappa shape index (κ3) is 2.11. The van der Waals surface area contributed by atoms with Crippen LogP contribution in [0.5, 0.6) is 0 Å². The summed E-state index contributed by atoms with van der Waals surface area (Å²) in [7, 11) is 0. The molecule has 3 heterocycles. The van der Waals surface area contributed by atoms with Gasteiger partial charge < -0.3 is 4.90 Å². The molecule has 1 aromatic carbocycles. The van der Waals surface area contributed by atoms with Crippen molar-refractivity contribution in [1.82, 2.24) is 14.6 Å². The maximum atomic E-state index is 12.0. The first kappa shape index (κ1) is 13.5. The Labute approximate surface area is 131 Å². The highest BCUT2D eigenvalue weighted by molar-refractivity contribution is 7.16. The zero-order chi connectivity index (χ0) is 15.3. The van der Waals surface area contributed by atoms with Crippen molar-refractivity contribution < 1.29 is 0 Å². The Hall–Kier alpha value is -2.21. The maximum absolute atomic E-state index is 12.0. The predicted octanol–water partition coefficient (Wildman–Crippen LogP) is 2.41. The van der Waals surface area contributed by atoms with E-state index in [9.17, 15) is 4.79 Å². The number of hydrogen-bond donors (Lipinski definition) is 0. The number of hydrogen-bond acceptors (Lipinski definition) is 5. The van der Waals surface area contributed by atoms with E-state index < -0.39 is 0 Å². The monoisotopic (exact) mass is 312 g/mol. The van der Waals surface area contributed by atoms with Gasteiger partial charge in [-0.25, -0.2) is 4.98 Å². The smallest absolute Gasteiger partial charge is 0.275 e. The molecule has 0 spiro atoms. The minimum atomic E-state index is -0.111. The van der Waals surface area contributed by atoms with Gasteiger partial charge in [0.1, 0.15) is 5.01 Å². The lowest BCUT2D eigenvalue weighted by Gasteiger charge is -2.23. The average molecular weight is 312 g/mol. The van der Waals surface area contributed by atoms with Crippen LogP contribution in [0.2, 0.25) is 0 Å². The molecule has 0 bridgehead atoms. The van der Waals surface area contributed by atoms with Crippen molar-refractivity contribution in [2.75, 3.05) is 4.90 Å². The van der Waals surface area contributed by atoms with E-state index in [1.54, 1.807) is 0 Å². The Morgan fingerprint density at radius 3 is 3.05 bits per heavy atom. The molecule has 1 aliphatic heterocycles. The number of benzene rings is 1. The molecule has 0 radical (unpaired) electrons. The molecule has 0 aliphatic carbocycles. The summed E-state index contributed by atoms with van der Waals surface area (Å²) in [5.74, 6) is 0. The molecular weight excluding hydrogens is 296 g/mol. The Morgan fingerprint density at radius 1 is 1.36 bits per heavy atom. The molecule has 0 unspecified atom stereocenters. The van der Waals surface area contributed by atoms with E-state index in [-0.39, 0.29) is 5.56 Å². The molecule has 22 heavy (non-hydrogen) atoms. The maximum Gasteiger partial charge on any atom is 0.275 e. The van der Waals surface area contributed by atoms with Crippen molar-refractivity contribution in [3.05, 3.63) is 57.0 Å². The summed E-state index contributed by atoms with van der Waals surface area (Å²) in [5.41, 5.74) is 3.27. The van der Waals surface area contributed by atoms with Crippen molar-refractivity contribution in [3.8, 4) is 0 Å². The van der Waals surface area contributed by atoms with Crippen molar-refractivity contribution in [1.29, 1.82) is 0 Å². The summed E-state index contributed by atoms with van der Waals surface area (Å²) in [5, 5.41) is 5.36. The van der Waals surface area contributed by atoms with Crippen molar-refractivity contribution >= 4 is 22.0 Å². The summed E-state index contributed by atoms with van der Waals surface area (Å²) in [6.07, 6.45) is 1.05. The number of anilines is 1. The first-order valence-electron chi connectivity index (χ1n) is 7.33. The van der Waals surface area contributed by atoms with Gasteiger partial charge >= 0.3 is 0 Å². The number of rotatable bonds is 2. The second-order valence-corrected chi connectivity index (χ2v) is 6.78. The van der Waals surface area contributed by atoms with Gasteiger partial charge in [0.15, 0.2) is 0 Å². The Balaban J connectivity index is 1.72. The fourth-order valence-electron chi connectivity index (χ4n) is 3.04. The van der Waals surface area contributed by atoms with Crippen LogP contribution in [0.25, 0.3) is 4.96 Å². The highest BCUT2D eigenvalue weighted by Gasteiger charge is 2.26. The van der Waals surface area contributed by atoms with Gasteiger partial charge in [0, 0.05) is 23.5 Å². The van der Waals surface area contributed by atoms with E-state index in [0.717, 1.165) is 17.1 Å². The molecule has 0 saturated heterocycles. The van der Waals surface area contributed by atoms with Crippen LogP contribution in [0.3, 0.4) is 0 Å². The summed E-state index contributed by atoms with van der Waals surface area (Å²) >= 11 is 1.49. The van der Waals surface area contributed by atoms with Crippen molar-refractivity contribution in [3.63, 3.8) is 0 Å². The van der Waals surface area contributed by atoms with Crippen molar-refractivity contribution in [2.45, 2.75) is 32.9 Å². The second-order valence-electron chi connectivity index (χ2n) is 5.74. The quantitative estimate of drug-likeness (QED) is 0.729. The van der Waals surface area contributed by atoms with Gasteiger partial charge in [-0.15, -0.1) is 0 Å². The molecular formula is C16H16N4OS. The molecule has 4 rings (SSSR count). The van der Waals surface area contributed by atoms with Crippen LogP contribution in [0.15, 0.2) is 35.1 Å². The molecule has 112 valence electrons. The van der Waals surface area contributed by atoms with E-state index in [2.05, 4.69) is 46.2 Å². The molecule has 1 aliphatic rings. The molecule has 0 saturated carbocycles. The number of aromatic nitrogens is 3. The molecule has 1 atom stereocenters. The normalized spacial score (nSPS) is 17.2. The minimum absolute atomic E-state index is 0.111. The molecule has 0 fully saturated rings. The molecule has 0 amide bonds. The molecule has 6 heteroatoms. The first-order valence-corrected chi connectivity index (χ1v) is 8.14. The molecule has 5 nitrogen and oxygen atoms in total. The van der Waals surface area contributed by atoms with Crippen LogP contribution in [0.4, 0.5) is 5.69 Å². The highest BCUT2D eigenvalue weighted by atomic mass is 32.1. The lowest BCUT2D eigenvalue weighted by Crippen LogP contribution is -2.28. The fourth-order valence-corrected chi connectivity index (χ4v) is 3.98. The van der Waals surface area contributed by atoms with Crippen molar-refractivity contribution in [2.24, 2.45) is 0 Å². The lowest BCUT2D eigenvalue weighted by atomic mass is 10.1. The average Bonchev–Trinajstić information content (AvgIpc) is 3.01. The minimum Gasteiger partial charge on any atom is -0.361 e. The Morgan fingerprint density at radius 2 is 2.18 bits per heavy atom. The molecule has 2 aromatic heterocycles. The zero-order valence-electron chi connectivity index (χ0n) is 12.5. The summed E-state index contributed by atoms with van der Waals surface area (Å²) in [6, 6.07) is 10.4. The van der Waals surface area contributed by atoms with Crippen LogP contribution >= 0.6 is 11.3 Å². The first-order chi connectivity index (χ1) is 10.6. The largest absolute Gasteiger partial charge is 0.361 e. The third-order valence-electron chi connectivity index (χ3n) is 4.07. The number of para-hydroxylation sites is 1. The lowest BCUT2D eigenvalue weighted by molar-refractivity contribution is 0.664. The van der Waals surface area contributed by atoms with Crippen LogP contribution in [0, 0.1) is 6.92 Å². The van der Waals surface area contributed by atoms with Gasteiger partial charge in [-0.3, -0.25) is 4.79 Å². The van der Waals surface area contributed by atoms with Gasteiger partial charge in [-0.05, 0) is 31.9 Å². The number of aryl methyl sites for hydroxylation is 1. The van der Waals surface area contributed by atoms with Gasteiger partial charge in [0.05, 0.1) is 6.54 Å². The standard InChI is InChI=1S/C16H16N4OS/c1-10-7-15(21)20-16(17-10)22-14(18-20)9-19-11(2)8-12-5-3-4-6-13(12)19/h3-7,11H,8-9H2,1-2H3/t11-/m0/s1. The molecule has 0 N–H and O–H groups in total. The Kier molecular flexibility index (Phi) is 3.00. The summed E-state index contributed by atoms with van der Waals surface area (Å²) in [4.78, 5) is 19.4. The molecule has 3 aromatic rings. The second kappa shape index (κ2) is 4.91. The van der Waals surface area contributed by atoms with Crippen LogP contribution in [0.1, 0.15) is 23.2 Å². The SMILES string of the molecule is Cc1cc(=O)n2nc(CN3c4ccccc4C[C@@H]3C)sc2n1. The van der Waals surface area contributed by atoms with Crippen LogP contribution < -0.4 is 10.5 Å². The van der Waals surface area contributed by atoms with E-state index in [0.29, 0.717) is 17.5 Å². The Bertz CT molecular complexity index is 914. The highest BCUT2D eigenvalue weighted by Crippen LogP contribution is 2.33. The zero-order valence-corrected chi connectivity index (χ0v) is 13.3. The van der Waals surface area contributed by atoms with Gasteiger partial charge in [0.25, 0.3) is 5.56 Å². The third-order valence-corrected chi connectivity index (χ3v) is 4.96. The van der Waals surface area contributed by atoms with Gasteiger partial charge in [-0.2, -0.15) is 9.61 Å². The number of fused-ring (bicyclic) bond motifs is 2. The summed E-state index contributed by atoms with van der Waals surface area (Å²) < 4.78 is 1.40. The van der Waals surface area contributed by atoms with Gasteiger partial charge in [0.2, 0.25) is 4.96 Å². The van der Waals surface area contributed by atoms with E-state index >= 15 is 0 Å². The van der Waals surface area contributed by atoms with E-state index in [4.69, 9.17) is 0 Å². The van der Waals surface area contributed by atoms with Crippen LogP contribution in [-0.2, 0) is 13.0 Å². The van der Waals surface area contributed by atoms with E-state index in [1.807, 2.05) is 6.92 Å². The number of nitrogens with zero attached hydrogens (tertiary/aromatic N) is 4. The van der Waals surface area contributed by atoms with Crippen LogP contribution in [-0.4, -0.2) is 20.6 Å². The van der Waals surface area contributed by atoms with Gasteiger partial charge in [-0.1, -0.05) is 29.5 Å². The predicted molar refractivity (Wildman–Crippen MR) is 87.7 cm³/mol. The topological polar surface area (TPSA) is 50.5 Å². The summed E-state index contributed by atoms with van der Waals surface area (Å²) in [6.45, 7) is 4.77. The fraction of sp³-hybridized carbons (Fsp3) is 0.312.